The van der Waals surface area contributed by atoms with Crippen molar-refractivity contribution in [2.75, 3.05) is 20.7 Å². The Bertz CT molecular complexity index is 1030. The Kier molecular flexibility index (Phi) is 4.81. The molecule has 0 aliphatic rings. The quantitative estimate of drug-likeness (QED) is 0.393. The van der Waals surface area contributed by atoms with E-state index in [4.69, 9.17) is 16.3 Å². The SMILES string of the molecule is CCOC(=O)c1c(=O)c2cc(F)c(C(Cl)N(C)C)cc2n2ccsc12. The number of carbonyl (C=O) groups is 1. The number of rotatable bonds is 4. The van der Waals surface area contributed by atoms with Gasteiger partial charge in [-0.25, -0.2) is 9.18 Å². The number of halogens is 2. The van der Waals surface area contributed by atoms with Crippen molar-refractivity contribution in [2.24, 2.45) is 0 Å². The van der Waals surface area contributed by atoms with Crippen LogP contribution in [0.2, 0.25) is 0 Å². The molecule has 0 spiro atoms. The first-order valence-corrected chi connectivity index (χ1v) is 8.91. The van der Waals surface area contributed by atoms with Gasteiger partial charge in [0.15, 0.2) is 0 Å². The number of hydrogen-bond donors (Lipinski definition) is 0. The zero-order valence-electron chi connectivity index (χ0n) is 13.9. The molecule has 1 unspecified atom stereocenters. The highest BCUT2D eigenvalue weighted by Gasteiger charge is 2.23. The van der Waals surface area contributed by atoms with Crippen LogP contribution in [0, 0.1) is 5.82 Å². The van der Waals surface area contributed by atoms with Gasteiger partial charge in [0.1, 0.15) is 21.7 Å². The van der Waals surface area contributed by atoms with E-state index >= 15 is 0 Å². The minimum Gasteiger partial charge on any atom is -0.462 e. The molecule has 2 aromatic heterocycles. The highest BCUT2D eigenvalue weighted by Crippen LogP contribution is 2.30. The van der Waals surface area contributed by atoms with Crippen LogP contribution in [0.25, 0.3) is 15.7 Å². The number of nitrogens with zero attached hydrogens (tertiary/aromatic N) is 2. The van der Waals surface area contributed by atoms with Gasteiger partial charge in [-0.3, -0.25) is 9.69 Å². The molecule has 132 valence electrons. The highest BCUT2D eigenvalue weighted by atomic mass is 35.5. The molecule has 0 fully saturated rings. The molecule has 1 aromatic carbocycles. The second-order valence-electron chi connectivity index (χ2n) is 5.69. The van der Waals surface area contributed by atoms with Crippen LogP contribution in [-0.4, -0.2) is 36.0 Å². The largest absolute Gasteiger partial charge is 0.462 e. The first-order valence-electron chi connectivity index (χ1n) is 7.59. The van der Waals surface area contributed by atoms with E-state index in [-0.39, 0.29) is 23.1 Å². The molecular weight excluding hydrogens is 367 g/mol. The van der Waals surface area contributed by atoms with Crippen LogP contribution in [0.5, 0.6) is 0 Å². The number of thiazole rings is 1. The minimum absolute atomic E-state index is 0.0773. The zero-order chi connectivity index (χ0) is 18.3. The molecular formula is C17H16ClFN2O3S. The smallest absolute Gasteiger partial charge is 0.345 e. The lowest BCUT2D eigenvalue weighted by atomic mass is 10.1. The van der Waals surface area contributed by atoms with E-state index in [0.29, 0.717) is 10.3 Å². The lowest BCUT2D eigenvalue weighted by molar-refractivity contribution is 0.0527. The van der Waals surface area contributed by atoms with Gasteiger partial charge in [0.25, 0.3) is 0 Å². The molecule has 3 rings (SSSR count). The second kappa shape index (κ2) is 6.74. The number of pyridine rings is 1. The van der Waals surface area contributed by atoms with Crippen LogP contribution >= 0.6 is 22.9 Å². The zero-order valence-corrected chi connectivity index (χ0v) is 15.4. The fourth-order valence-corrected chi connectivity index (χ4v) is 3.73. The molecule has 8 heteroatoms. The van der Waals surface area contributed by atoms with E-state index < -0.39 is 22.7 Å². The monoisotopic (exact) mass is 382 g/mol. The summed E-state index contributed by atoms with van der Waals surface area (Å²) >= 11 is 7.51. The van der Waals surface area contributed by atoms with E-state index in [0.717, 1.165) is 6.07 Å². The predicted octanol–water partition coefficient (Wildman–Crippen LogP) is 3.63. The summed E-state index contributed by atoms with van der Waals surface area (Å²) in [5.74, 6) is -1.30. The standard InChI is InChI=1S/C17H16ClFN2O3S/c1-4-24-17(23)13-14(22)10-7-11(19)9(15(18)20(2)3)8-12(10)21-5-6-25-16(13)21/h5-8,15H,4H2,1-3H3. The first kappa shape index (κ1) is 17.8. The average molecular weight is 383 g/mol. The number of alkyl halides is 1. The Balaban J connectivity index is 2.39. The molecule has 0 radical (unpaired) electrons. The van der Waals surface area contributed by atoms with Gasteiger partial charge in [0, 0.05) is 22.5 Å². The Hall–Kier alpha value is -1.96. The van der Waals surface area contributed by atoms with Crippen LogP contribution in [0.15, 0.2) is 28.5 Å². The predicted molar refractivity (Wildman–Crippen MR) is 97.2 cm³/mol. The van der Waals surface area contributed by atoms with Crippen molar-refractivity contribution < 1.29 is 13.9 Å². The van der Waals surface area contributed by atoms with Crippen LogP contribution in [0.4, 0.5) is 4.39 Å². The third-order valence-electron chi connectivity index (χ3n) is 3.86. The van der Waals surface area contributed by atoms with Gasteiger partial charge in [-0.1, -0.05) is 0 Å². The number of benzene rings is 1. The van der Waals surface area contributed by atoms with Gasteiger partial charge in [-0.2, -0.15) is 0 Å². The van der Waals surface area contributed by atoms with Gasteiger partial charge >= 0.3 is 5.97 Å². The molecule has 2 heterocycles. The fourth-order valence-electron chi connectivity index (χ4n) is 2.68. The number of esters is 1. The van der Waals surface area contributed by atoms with Crippen LogP contribution in [-0.2, 0) is 4.74 Å². The van der Waals surface area contributed by atoms with E-state index in [1.807, 2.05) is 0 Å². The molecule has 0 aliphatic heterocycles. The van der Waals surface area contributed by atoms with Crippen molar-refractivity contribution in [3.8, 4) is 0 Å². The molecule has 0 N–H and O–H groups in total. The van der Waals surface area contributed by atoms with Gasteiger partial charge in [0.05, 0.1) is 12.1 Å². The molecule has 0 bridgehead atoms. The van der Waals surface area contributed by atoms with Crippen LogP contribution in [0.3, 0.4) is 0 Å². The minimum atomic E-state index is -0.706. The highest BCUT2D eigenvalue weighted by molar-refractivity contribution is 7.16. The molecule has 0 saturated carbocycles. The number of fused-ring (bicyclic) bond motifs is 3. The topological polar surface area (TPSA) is 51.0 Å². The summed E-state index contributed by atoms with van der Waals surface area (Å²) in [5.41, 5.74) is -0.539. The van der Waals surface area contributed by atoms with Gasteiger partial charge in [0.2, 0.25) is 5.43 Å². The van der Waals surface area contributed by atoms with Crippen molar-refractivity contribution in [2.45, 2.75) is 12.4 Å². The van der Waals surface area contributed by atoms with Gasteiger partial charge < -0.3 is 9.14 Å². The summed E-state index contributed by atoms with van der Waals surface area (Å²) in [4.78, 5) is 27.1. The fraction of sp³-hybridized carbons (Fsp3) is 0.294. The van der Waals surface area contributed by atoms with Crippen LogP contribution in [0.1, 0.15) is 28.3 Å². The van der Waals surface area contributed by atoms with E-state index in [1.165, 1.54) is 11.3 Å². The van der Waals surface area contributed by atoms with Gasteiger partial charge in [-0.15, -0.1) is 22.9 Å². The third-order valence-corrected chi connectivity index (χ3v) is 5.37. The second-order valence-corrected chi connectivity index (χ2v) is 7.00. The molecule has 5 nitrogen and oxygen atoms in total. The Morgan fingerprint density at radius 1 is 1.44 bits per heavy atom. The number of hydrogen-bond acceptors (Lipinski definition) is 5. The van der Waals surface area contributed by atoms with Crippen molar-refractivity contribution in [3.63, 3.8) is 0 Å². The molecule has 25 heavy (non-hydrogen) atoms. The van der Waals surface area contributed by atoms with E-state index in [9.17, 15) is 14.0 Å². The Morgan fingerprint density at radius 2 is 2.16 bits per heavy atom. The lowest BCUT2D eigenvalue weighted by Crippen LogP contribution is -2.21. The molecule has 0 amide bonds. The first-order chi connectivity index (χ1) is 11.9. The lowest BCUT2D eigenvalue weighted by Gasteiger charge is -2.19. The van der Waals surface area contributed by atoms with Crippen molar-refractivity contribution in [3.05, 3.63) is 50.9 Å². The number of carbonyl (C=O) groups excluding carboxylic acids is 1. The molecule has 0 aliphatic carbocycles. The van der Waals surface area contributed by atoms with Crippen molar-refractivity contribution >= 4 is 44.6 Å². The molecule has 0 saturated heterocycles. The van der Waals surface area contributed by atoms with E-state index in [2.05, 4.69) is 0 Å². The summed E-state index contributed by atoms with van der Waals surface area (Å²) in [6.07, 6.45) is 1.73. The number of ether oxygens (including phenoxy) is 1. The van der Waals surface area contributed by atoms with E-state index in [1.54, 1.807) is 48.0 Å². The maximum absolute atomic E-state index is 14.5. The van der Waals surface area contributed by atoms with Crippen molar-refractivity contribution in [1.82, 2.24) is 9.30 Å². The van der Waals surface area contributed by atoms with Crippen LogP contribution < -0.4 is 5.43 Å². The summed E-state index contributed by atoms with van der Waals surface area (Å²) in [6.45, 7) is 1.81. The summed E-state index contributed by atoms with van der Waals surface area (Å²) in [5, 5.41) is 1.87. The molecule has 3 aromatic rings. The summed E-state index contributed by atoms with van der Waals surface area (Å²) in [6, 6.07) is 2.69. The summed E-state index contributed by atoms with van der Waals surface area (Å²) < 4.78 is 21.2. The Morgan fingerprint density at radius 3 is 2.80 bits per heavy atom. The number of aromatic nitrogens is 1. The third kappa shape index (κ3) is 2.92. The maximum Gasteiger partial charge on any atom is 0.345 e. The Labute approximate surface area is 152 Å². The van der Waals surface area contributed by atoms with Gasteiger partial charge in [-0.05, 0) is 33.2 Å². The maximum atomic E-state index is 14.5. The summed E-state index contributed by atoms with van der Waals surface area (Å²) in [7, 11) is 3.47. The normalized spacial score (nSPS) is 12.9. The van der Waals surface area contributed by atoms with Crippen molar-refractivity contribution in [1.29, 1.82) is 0 Å². The molecule has 1 atom stereocenters. The average Bonchev–Trinajstić information content (AvgIpc) is 3.03.